The van der Waals surface area contributed by atoms with Crippen molar-refractivity contribution < 1.29 is 23.8 Å². The van der Waals surface area contributed by atoms with Crippen LogP contribution < -0.4 is 10.5 Å². The number of benzene rings is 3. The summed E-state index contributed by atoms with van der Waals surface area (Å²) in [5.74, 6) is -0.102. The van der Waals surface area contributed by atoms with Gasteiger partial charge in [-0.1, -0.05) is 30.3 Å². The lowest BCUT2D eigenvalue weighted by atomic mass is 9.85. The number of rotatable bonds is 7. The van der Waals surface area contributed by atoms with Gasteiger partial charge in [-0.25, -0.2) is 14.2 Å². The molecule has 8 heteroatoms. The predicted molar refractivity (Wildman–Crippen MR) is 178 cm³/mol. The Morgan fingerprint density at radius 1 is 1.02 bits per heavy atom. The minimum Gasteiger partial charge on any atom is -0.493 e. The number of nitrogen functional groups attached to an aromatic ring is 1. The van der Waals surface area contributed by atoms with Crippen LogP contribution in [0.25, 0.3) is 22.3 Å². The molecule has 0 aliphatic carbocycles. The second-order valence-electron chi connectivity index (χ2n) is 13.5. The van der Waals surface area contributed by atoms with Crippen molar-refractivity contribution in [2.24, 2.45) is 0 Å². The van der Waals surface area contributed by atoms with Crippen LogP contribution in [0, 0.1) is 19.7 Å². The van der Waals surface area contributed by atoms with E-state index in [2.05, 4.69) is 29.2 Å². The number of halogens is 1. The summed E-state index contributed by atoms with van der Waals surface area (Å²) in [5.41, 5.74) is 15.8. The van der Waals surface area contributed by atoms with Crippen molar-refractivity contribution >= 4 is 11.8 Å². The predicted octanol–water partition coefficient (Wildman–Crippen LogP) is 7.58. The molecule has 0 saturated carbocycles. The van der Waals surface area contributed by atoms with E-state index in [4.69, 9.17) is 20.2 Å². The molecule has 1 aromatic heterocycles. The molecule has 4 aromatic rings. The Bertz CT molecular complexity index is 1810. The SMILES string of the molecule is Cc1cc(F)ccc1CN1CCc2cc(-c3c(N)nc(C)c([C@H](OC(C)(C)C)C(=O)O)c3-c3ccc4c(c3)CCCO4)ccc2C1. The van der Waals surface area contributed by atoms with E-state index >= 15 is 0 Å². The van der Waals surface area contributed by atoms with Gasteiger partial charge < -0.3 is 20.3 Å². The van der Waals surface area contributed by atoms with E-state index in [-0.39, 0.29) is 5.82 Å². The van der Waals surface area contributed by atoms with Crippen molar-refractivity contribution in [1.82, 2.24) is 9.88 Å². The highest BCUT2D eigenvalue weighted by atomic mass is 19.1. The second kappa shape index (κ2) is 12.5. The van der Waals surface area contributed by atoms with Gasteiger partial charge in [0.15, 0.2) is 6.10 Å². The average Bonchev–Trinajstić information content (AvgIpc) is 3.00. The molecule has 0 fully saturated rings. The molecule has 6 rings (SSSR count). The number of carboxylic acids is 1. The van der Waals surface area contributed by atoms with Gasteiger partial charge in [0, 0.05) is 42.0 Å². The molecule has 3 heterocycles. The first kappa shape index (κ1) is 31.7. The van der Waals surface area contributed by atoms with Gasteiger partial charge in [0.2, 0.25) is 0 Å². The number of carboxylic acid groups (broad SMARTS) is 1. The van der Waals surface area contributed by atoms with Gasteiger partial charge in [0.05, 0.1) is 12.2 Å². The Morgan fingerprint density at radius 3 is 2.50 bits per heavy atom. The topological polar surface area (TPSA) is 97.9 Å². The molecule has 3 N–H and O–H groups in total. The summed E-state index contributed by atoms with van der Waals surface area (Å²) in [6.45, 7) is 12.4. The highest BCUT2D eigenvalue weighted by Gasteiger charge is 2.34. The van der Waals surface area contributed by atoms with Crippen molar-refractivity contribution in [2.45, 2.75) is 78.7 Å². The van der Waals surface area contributed by atoms with Crippen LogP contribution in [-0.2, 0) is 35.5 Å². The van der Waals surface area contributed by atoms with E-state index in [9.17, 15) is 14.3 Å². The third-order valence-electron chi connectivity index (χ3n) is 8.89. The maximum atomic E-state index is 13.7. The Kier molecular flexibility index (Phi) is 8.61. The summed E-state index contributed by atoms with van der Waals surface area (Å²) in [4.78, 5) is 19.9. The van der Waals surface area contributed by atoms with Crippen molar-refractivity contribution in [3.63, 3.8) is 0 Å². The molecule has 0 bridgehead atoms. The van der Waals surface area contributed by atoms with Crippen LogP contribution >= 0.6 is 0 Å². The van der Waals surface area contributed by atoms with Gasteiger partial charge in [-0.15, -0.1) is 0 Å². The Hall–Kier alpha value is -4.27. The van der Waals surface area contributed by atoms with Gasteiger partial charge in [0.25, 0.3) is 0 Å². The molecule has 2 aliphatic heterocycles. The van der Waals surface area contributed by atoms with Crippen molar-refractivity contribution in [3.05, 3.63) is 99.5 Å². The number of anilines is 1. The standard InChI is InChI=1S/C38H42FN3O4/c1-22-17-30(39)12-10-28(22)20-42-15-14-24-18-27(8-9-29(24)21-42)34-33(26-11-13-31-25(19-26)7-6-16-45-31)32(23(2)41-36(34)40)35(37(43)44)46-38(3,4)5/h8-13,17-19,35H,6-7,14-16,20-21H2,1-5H3,(H2,40,41)(H,43,44)/t35-/m0/s1. The van der Waals surface area contributed by atoms with Crippen LogP contribution in [0.4, 0.5) is 10.2 Å². The molecule has 2 aliphatic rings. The minimum atomic E-state index is -1.25. The maximum Gasteiger partial charge on any atom is 0.337 e. The van der Waals surface area contributed by atoms with Crippen LogP contribution in [0.2, 0.25) is 0 Å². The molecule has 0 spiro atoms. The lowest BCUT2D eigenvalue weighted by Crippen LogP contribution is -2.30. The molecule has 0 unspecified atom stereocenters. The van der Waals surface area contributed by atoms with Crippen LogP contribution in [0.5, 0.6) is 5.75 Å². The smallest absolute Gasteiger partial charge is 0.337 e. The molecule has 3 aromatic carbocycles. The summed E-state index contributed by atoms with van der Waals surface area (Å²) in [5, 5.41) is 10.5. The lowest BCUT2D eigenvalue weighted by Gasteiger charge is -2.31. The molecule has 7 nitrogen and oxygen atoms in total. The largest absolute Gasteiger partial charge is 0.493 e. The van der Waals surface area contributed by atoms with Crippen LogP contribution in [0.15, 0.2) is 54.6 Å². The minimum absolute atomic E-state index is 0.214. The number of fused-ring (bicyclic) bond motifs is 2. The van der Waals surface area contributed by atoms with Crippen molar-refractivity contribution in [3.8, 4) is 28.0 Å². The number of aromatic nitrogens is 1. The van der Waals surface area contributed by atoms with Gasteiger partial charge in [-0.2, -0.15) is 0 Å². The first-order chi connectivity index (χ1) is 21.9. The average molecular weight is 624 g/mol. The normalized spacial score (nSPS) is 15.5. The molecular formula is C38H42FN3O4. The number of carbonyl (C=O) groups is 1. The number of pyridine rings is 1. The number of nitrogens with zero attached hydrogens (tertiary/aromatic N) is 2. The van der Waals surface area contributed by atoms with Crippen LogP contribution in [0.3, 0.4) is 0 Å². The Labute approximate surface area is 270 Å². The first-order valence-corrected chi connectivity index (χ1v) is 15.9. The Balaban J connectivity index is 1.46. The van der Waals surface area contributed by atoms with Gasteiger partial charge in [0.1, 0.15) is 17.4 Å². The highest BCUT2D eigenvalue weighted by molar-refractivity contribution is 5.95. The third-order valence-corrected chi connectivity index (χ3v) is 8.89. The Morgan fingerprint density at radius 2 is 1.76 bits per heavy atom. The number of ether oxygens (including phenoxy) is 2. The van der Waals surface area contributed by atoms with E-state index in [1.165, 1.54) is 17.2 Å². The fourth-order valence-electron chi connectivity index (χ4n) is 6.74. The van der Waals surface area contributed by atoms with Crippen LogP contribution in [0.1, 0.15) is 72.4 Å². The molecule has 0 amide bonds. The zero-order valence-electron chi connectivity index (χ0n) is 27.2. The van der Waals surface area contributed by atoms with Gasteiger partial charge in [-0.05, 0) is 117 Å². The van der Waals surface area contributed by atoms with Gasteiger partial charge in [-0.3, -0.25) is 4.90 Å². The molecule has 46 heavy (non-hydrogen) atoms. The van der Waals surface area contributed by atoms with Crippen LogP contribution in [-0.4, -0.2) is 39.7 Å². The molecule has 0 radical (unpaired) electrons. The lowest BCUT2D eigenvalue weighted by molar-refractivity contribution is -0.160. The summed E-state index contributed by atoms with van der Waals surface area (Å²) < 4.78 is 25.8. The van der Waals surface area contributed by atoms with E-state index in [1.807, 2.05) is 45.9 Å². The molecule has 240 valence electrons. The number of hydrogen-bond donors (Lipinski definition) is 2. The first-order valence-electron chi connectivity index (χ1n) is 15.9. The maximum absolute atomic E-state index is 13.7. The van der Waals surface area contributed by atoms with E-state index in [1.54, 1.807) is 13.0 Å². The fraction of sp³-hybridized carbons (Fsp3) is 0.368. The molecule has 0 saturated heterocycles. The van der Waals surface area contributed by atoms with Crippen molar-refractivity contribution in [1.29, 1.82) is 0 Å². The summed E-state index contributed by atoms with van der Waals surface area (Å²) >= 11 is 0. The van der Waals surface area contributed by atoms with E-state index < -0.39 is 17.7 Å². The molecule has 1 atom stereocenters. The van der Waals surface area contributed by atoms with Crippen molar-refractivity contribution in [2.75, 3.05) is 18.9 Å². The number of nitrogens with two attached hydrogens (primary N) is 1. The van der Waals surface area contributed by atoms with E-state index in [0.29, 0.717) is 29.2 Å². The second-order valence-corrected chi connectivity index (χ2v) is 13.5. The molecular weight excluding hydrogens is 581 g/mol. The summed E-state index contributed by atoms with van der Waals surface area (Å²) in [6.07, 6.45) is 1.38. The number of aliphatic carboxylic acids is 1. The quantitative estimate of drug-likeness (QED) is 0.219. The monoisotopic (exact) mass is 623 g/mol. The number of aryl methyl sites for hydroxylation is 3. The van der Waals surface area contributed by atoms with E-state index in [0.717, 1.165) is 78.0 Å². The van der Waals surface area contributed by atoms with Gasteiger partial charge >= 0.3 is 5.97 Å². The summed E-state index contributed by atoms with van der Waals surface area (Å²) in [6, 6.07) is 17.4. The third kappa shape index (κ3) is 6.50. The summed E-state index contributed by atoms with van der Waals surface area (Å²) in [7, 11) is 0. The highest BCUT2D eigenvalue weighted by Crippen LogP contribution is 2.45. The fourth-order valence-corrected chi connectivity index (χ4v) is 6.74. The number of hydrogen-bond acceptors (Lipinski definition) is 6. The zero-order chi connectivity index (χ0) is 32.7. The zero-order valence-corrected chi connectivity index (χ0v) is 27.2.